The summed E-state index contributed by atoms with van der Waals surface area (Å²) in [5.74, 6) is -0.952. The number of hydrogen-bond acceptors (Lipinski definition) is 2. The maximum Gasteiger partial charge on any atom is 0.303 e. The second-order valence-electron chi connectivity index (χ2n) is 3.54. The molecule has 0 fully saturated rings. The fourth-order valence-corrected chi connectivity index (χ4v) is 1.35. The van der Waals surface area contributed by atoms with Crippen molar-refractivity contribution in [1.82, 2.24) is 10.3 Å². The van der Waals surface area contributed by atoms with Gasteiger partial charge in [-0.05, 0) is 18.6 Å². The fourth-order valence-electron chi connectivity index (χ4n) is 1.35. The lowest BCUT2D eigenvalue weighted by molar-refractivity contribution is -0.137. The first kappa shape index (κ1) is 12.3. The minimum atomic E-state index is -0.862. The summed E-state index contributed by atoms with van der Waals surface area (Å²) in [5, 5.41) is 11.1. The number of amides is 1. The predicted octanol–water partition coefficient (Wildman–Crippen LogP) is 0.928. The van der Waals surface area contributed by atoms with Gasteiger partial charge in [-0.25, -0.2) is 0 Å². The first-order valence-electron chi connectivity index (χ1n) is 5.29. The molecule has 1 aromatic rings. The number of aliphatic carboxylic acids is 1. The summed E-state index contributed by atoms with van der Waals surface area (Å²) < 4.78 is 0. The number of hydrogen-bond donors (Lipinski definition) is 3. The van der Waals surface area contributed by atoms with Gasteiger partial charge in [0.2, 0.25) is 5.91 Å². The van der Waals surface area contributed by atoms with Gasteiger partial charge in [-0.3, -0.25) is 9.59 Å². The molecule has 0 aliphatic rings. The number of carboxylic acids is 1. The molecule has 0 aromatic carbocycles. The van der Waals surface area contributed by atoms with Crippen LogP contribution in [0.15, 0.2) is 18.3 Å². The number of carboxylic acid groups (broad SMARTS) is 1. The van der Waals surface area contributed by atoms with Crippen LogP contribution in [-0.2, 0) is 16.0 Å². The van der Waals surface area contributed by atoms with Crippen molar-refractivity contribution in [3.8, 4) is 0 Å². The first-order chi connectivity index (χ1) is 7.68. The zero-order valence-electron chi connectivity index (χ0n) is 9.03. The summed E-state index contributed by atoms with van der Waals surface area (Å²) in [6.07, 6.45) is 3.31. The van der Waals surface area contributed by atoms with E-state index in [0.29, 0.717) is 13.0 Å². The second-order valence-corrected chi connectivity index (χ2v) is 3.54. The molecule has 1 heterocycles. The maximum absolute atomic E-state index is 11.2. The third-order valence-corrected chi connectivity index (χ3v) is 2.17. The summed E-state index contributed by atoms with van der Waals surface area (Å²) in [4.78, 5) is 24.5. The lowest BCUT2D eigenvalue weighted by Gasteiger charge is -2.03. The van der Waals surface area contributed by atoms with Crippen molar-refractivity contribution in [2.24, 2.45) is 0 Å². The van der Waals surface area contributed by atoms with Crippen LogP contribution < -0.4 is 5.32 Å². The van der Waals surface area contributed by atoms with Gasteiger partial charge in [0.1, 0.15) is 0 Å². The van der Waals surface area contributed by atoms with Gasteiger partial charge in [0.05, 0.1) is 0 Å². The molecular weight excluding hydrogens is 208 g/mol. The summed E-state index contributed by atoms with van der Waals surface area (Å²) in [7, 11) is 0. The Balaban J connectivity index is 2.04. The van der Waals surface area contributed by atoms with Crippen LogP contribution in [0.5, 0.6) is 0 Å². The molecule has 16 heavy (non-hydrogen) atoms. The number of carbonyl (C=O) groups excluding carboxylic acids is 1. The van der Waals surface area contributed by atoms with Crippen molar-refractivity contribution < 1.29 is 14.7 Å². The largest absolute Gasteiger partial charge is 0.481 e. The van der Waals surface area contributed by atoms with E-state index in [2.05, 4.69) is 10.3 Å². The second kappa shape index (κ2) is 6.66. The zero-order chi connectivity index (χ0) is 11.8. The van der Waals surface area contributed by atoms with E-state index in [1.165, 1.54) is 0 Å². The van der Waals surface area contributed by atoms with E-state index in [1.54, 1.807) is 0 Å². The molecule has 0 atom stereocenters. The Morgan fingerprint density at radius 1 is 1.38 bits per heavy atom. The molecule has 1 rings (SSSR count). The van der Waals surface area contributed by atoms with Gasteiger partial charge in [-0.1, -0.05) is 0 Å². The summed E-state index contributed by atoms with van der Waals surface area (Å²) in [6.45, 7) is 0.576. The number of carbonyl (C=O) groups is 2. The molecule has 3 N–H and O–H groups in total. The molecule has 0 saturated heterocycles. The van der Waals surface area contributed by atoms with E-state index in [4.69, 9.17) is 5.11 Å². The smallest absolute Gasteiger partial charge is 0.303 e. The minimum Gasteiger partial charge on any atom is -0.481 e. The van der Waals surface area contributed by atoms with Crippen LogP contribution >= 0.6 is 0 Å². The Morgan fingerprint density at radius 2 is 2.19 bits per heavy atom. The number of H-pyrrole nitrogens is 1. The Labute approximate surface area is 93.9 Å². The fraction of sp³-hybridized carbons (Fsp3) is 0.455. The monoisotopic (exact) mass is 224 g/mol. The standard InChI is InChI=1S/C11H16N2O3/c14-10(4-1-5-11(15)16)13-8-6-9-3-2-7-12-9/h2-3,7,12H,1,4-6,8H2,(H,13,14)(H,15,16). The van der Waals surface area contributed by atoms with Gasteiger partial charge >= 0.3 is 5.97 Å². The molecule has 0 spiro atoms. The molecule has 1 aromatic heterocycles. The highest BCUT2D eigenvalue weighted by Crippen LogP contribution is 1.96. The average Bonchev–Trinajstić information content (AvgIpc) is 2.70. The third-order valence-electron chi connectivity index (χ3n) is 2.17. The van der Waals surface area contributed by atoms with Crippen LogP contribution in [0.25, 0.3) is 0 Å². The molecule has 5 nitrogen and oxygen atoms in total. The van der Waals surface area contributed by atoms with Gasteiger partial charge < -0.3 is 15.4 Å². The normalized spacial score (nSPS) is 10.0. The average molecular weight is 224 g/mol. The predicted molar refractivity (Wildman–Crippen MR) is 59.0 cm³/mol. The van der Waals surface area contributed by atoms with Gasteiger partial charge in [0.25, 0.3) is 0 Å². The van der Waals surface area contributed by atoms with E-state index < -0.39 is 5.97 Å². The van der Waals surface area contributed by atoms with E-state index in [9.17, 15) is 9.59 Å². The molecule has 0 aliphatic carbocycles. The van der Waals surface area contributed by atoms with Gasteiger partial charge in [-0.15, -0.1) is 0 Å². The minimum absolute atomic E-state index is 0.0457. The van der Waals surface area contributed by atoms with Gasteiger partial charge in [0.15, 0.2) is 0 Å². The van der Waals surface area contributed by atoms with Crippen LogP contribution in [0.3, 0.4) is 0 Å². The van der Waals surface area contributed by atoms with Crippen molar-refractivity contribution in [2.45, 2.75) is 25.7 Å². The molecule has 0 saturated carbocycles. The Hall–Kier alpha value is -1.78. The highest BCUT2D eigenvalue weighted by molar-refractivity contribution is 5.76. The van der Waals surface area contributed by atoms with Crippen molar-refractivity contribution in [3.63, 3.8) is 0 Å². The Morgan fingerprint density at radius 3 is 2.81 bits per heavy atom. The van der Waals surface area contributed by atoms with Crippen LogP contribution in [-0.4, -0.2) is 28.5 Å². The van der Waals surface area contributed by atoms with Crippen LogP contribution in [0, 0.1) is 0 Å². The topological polar surface area (TPSA) is 82.2 Å². The van der Waals surface area contributed by atoms with Crippen molar-refractivity contribution in [2.75, 3.05) is 6.54 Å². The number of nitrogens with one attached hydrogen (secondary N) is 2. The van der Waals surface area contributed by atoms with E-state index in [1.807, 2.05) is 18.3 Å². The highest BCUT2D eigenvalue weighted by atomic mass is 16.4. The Kier molecular flexibility index (Phi) is 5.11. The zero-order valence-corrected chi connectivity index (χ0v) is 9.03. The van der Waals surface area contributed by atoms with Gasteiger partial charge in [0, 0.05) is 37.7 Å². The van der Waals surface area contributed by atoms with E-state index >= 15 is 0 Å². The highest BCUT2D eigenvalue weighted by Gasteiger charge is 2.03. The SMILES string of the molecule is O=C(O)CCCC(=O)NCCc1ccc[nH]1. The quantitative estimate of drug-likeness (QED) is 0.644. The summed E-state index contributed by atoms with van der Waals surface area (Å²) in [5.41, 5.74) is 1.07. The maximum atomic E-state index is 11.2. The van der Waals surface area contributed by atoms with Crippen molar-refractivity contribution in [1.29, 1.82) is 0 Å². The first-order valence-corrected chi connectivity index (χ1v) is 5.29. The molecule has 88 valence electrons. The lowest BCUT2D eigenvalue weighted by atomic mass is 10.2. The molecule has 0 bridgehead atoms. The summed E-state index contributed by atoms with van der Waals surface area (Å²) >= 11 is 0. The molecule has 0 radical (unpaired) electrons. The number of aromatic amines is 1. The Bertz CT molecular complexity index is 333. The van der Waals surface area contributed by atoms with Gasteiger partial charge in [-0.2, -0.15) is 0 Å². The molecule has 1 amide bonds. The summed E-state index contributed by atoms with van der Waals surface area (Å²) in [6, 6.07) is 3.86. The molecule has 0 unspecified atom stereocenters. The van der Waals surface area contributed by atoms with Crippen LogP contribution in [0.1, 0.15) is 25.0 Å². The molecule has 0 aliphatic heterocycles. The number of rotatable bonds is 7. The van der Waals surface area contributed by atoms with E-state index in [0.717, 1.165) is 12.1 Å². The number of aromatic nitrogens is 1. The lowest BCUT2D eigenvalue weighted by Crippen LogP contribution is -2.25. The van der Waals surface area contributed by atoms with E-state index in [-0.39, 0.29) is 18.7 Å². The van der Waals surface area contributed by atoms with Crippen LogP contribution in [0.2, 0.25) is 0 Å². The van der Waals surface area contributed by atoms with Crippen LogP contribution in [0.4, 0.5) is 0 Å². The van der Waals surface area contributed by atoms with Crippen molar-refractivity contribution >= 4 is 11.9 Å². The molecule has 5 heteroatoms. The molecular formula is C11H16N2O3. The third kappa shape index (κ3) is 5.19. The van der Waals surface area contributed by atoms with Crippen molar-refractivity contribution in [3.05, 3.63) is 24.0 Å².